The molecule has 0 unspecified atom stereocenters. The standard InChI is InChI=1S/C14H17BrN2O2S2/c1-2-11-4-3-10(8-16)7-13(11)21(18,19)17-9-12-5-6-14(15)20-12/h3-7,17H,2,8-9,16H2,1H3. The molecule has 1 aromatic carbocycles. The molecule has 0 saturated heterocycles. The molecule has 0 bridgehead atoms. The fraction of sp³-hybridized carbons (Fsp3) is 0.286. The van der Waals surface area contributed by atoms with Crippen molar-refractivity contribution in [2.45, 2.75) is 31.3 Å². The molecular formula is C14H17BrN2O2S2. The highest BCUT2D eigenvalue weighted by molar-refractivity contribution is 9.11. The number of hydrogen-bond acceptors (Lipinski definition) is 4. The van der Waals surface area contributed by atoms with Crippen LogP contribution < -0.4 is 10.5 Å². The second-order valence-electron chi connectivity index (χ2n) is 4.53. The molecule has 0 amide bonds. The van der Waals surface area contributed by atoms with Crippen LogP contribution in [0.25, 0.3) is 0 Å². The van der Waals surface area contributed by atoms with Crippen LogP contribution in [0.15, 0.2) is 39.0 Å². The van der Waals surface area contributed by atoms with Crippen LogP contribution in [0.1, 0.15) is 22.9 Å². The Morgan fingerprint density at radius 3 is 2.62 bits per heavy atom. The third-order valence-electron chi connectivity index (χ3n) is 3.10. The van der Waals surface area contributed by atoms with Gasteiger partial charge in [-0.2, -0.15) is 0 Å². The molecule has 0 aliphatic rings. The van der Waals surface area contributed by atoms with Gasteiger partial charge in [0.2, 0.25) is 10.0 Å². The zero-order valence-electron chi connectivity index (χ0n) is 11.6. The summed E-state index contributed by atoms with van der Waals surface area (Å²) in [7, 11) is -3.54. The van der Waals surface area contributed by atoms with Gasteiger partial charge in [0.05, 0.1) is 8.68 Å². The minimum absolute atomic E-state index is 0.286. The van der Waals surface area contributed by atoms with Gasteiger partial charge in [0.1, 0.15) is 0 Å². The van der Waals surface area contributed by atoms with Crippen LogP contribution in [0, 0.1) is 0 Å². The molecule has 0 aliphatic heterocycles. The fourth-order valence-corrected chi connectivity index (χ4v) is 4.84. The summed E-state index contributed by atoms with van der Waals surface area (Å²) in [6.07, 6.45) is 0.658. The van der Waals surface area contributed by atoms with Crippen LogP contribution in [0.2, 0.25) is 0 Å². The summed E-state index contributed by atoms with van der Waals surface area (Å²) in [5.74, 6) is 0. The smallest absolute Gasteiger partial charge is 0.241 e. The van der Waals surface area contributed by atoms with E-state index in [9.17, 15) is 8.42 Å². The van der Waals surface area contributed by atoms with E-state index in [1.165, 1.54) is 11.3 Å². The summed E-state index contributed by atoms with van der Waals surface area (Å²) in [6, 6.07) is 9.16. The maximum Gasteiger partial charge on any atom is 0.241 e. The van der Waals surface area contributed by atoms with Crippen molar-refractivity contribution in [1.29, 1.82) is 0 Å². The molecule has 0 fully saturated rings. The maximum absolute atomic E-state index is 12.5. The van der Waals surface area contributed by atoms with Gasteiger partial charge in [0, 0.05) is 18.0 Å². The van der Waals surface area contributed by atoms with E-state index in [4.69, 9.17) is 5.73 Å². The predicted molar refractivity (Wildman–Crippen MR) is 89.8 cm³/mol. The first kappa shape index (κ1) is 16.6. The normalized spacial score (nSPS) is 11.8. The molecule has 4 nitrogen and oxygen atoms in total. The molecule has 21 heavy (non-hydrogen) atoms. The second kappa shape index (κ2) is 7.02. The quantitative estimate of drug-likeness (QED) is 0.798. The van der Waals surface area contributed by atoms with E-state index in [0.717, 1.165) is 19.8 Å². The van der Waals surface area contributed by atoms with Gasteiger partial charge in [0.25, 0.3) is 0 Å². The van der Waals surface area contributed by atoms with E-state index in [1.807, 2.05) is 31.2 Å². The number of nitrogens with two attached hydrogens (primary N) is 1. The topological polar surface area (TPSA) is 72.2 Å². The van der Waals surface area contributed by atoms with E-state index >= 15 is 0 Å². The third-order valence-corrected chi connectivity index (χ3v) is 6.21. The summed E-state index contributed by atoms with van der Waals surface area (Å²) in [6.45, 7) is 2.55. The van der Waals surface area contributed by atoms with Crippen molar-refractivity contribution in [3.05, 3.63) is 50.1 Å². The van der Waals surface area contributed by atoms with E-state index in [2.05, 4.69) is 20.7 Å². The number of hydrogen-bond donors (Lipinski definition) is 2. The number of halogens is 1. The highest BCUT2D eigenvalue weighted by Gasteiger charge is 2.18. The number of aryl methyl sites for hydroxylation is 1. The number of rotatable bonds is 6. The van der Waals surface area contributed by atoms with Crippen molar-refractivity contribution in [3.8, 4) is 0 Å². The number of thiophene rings is 1. The molecule has 2 rings (SSSR count). The van der Waals surface area contributed by atoms with Crippen molar-refractivity contribution in [1.82, 2.24) is 4.72 Å². The van der Waals surface area contributed by atoms with E-state index < -0.39 is 10.0 Å². The molecular weight excluding hydrogens is 372 g/mol. The summed E-state index contributed by atoms with van der Waals surface area (Å²) in [5, 5.41) is 0. The van der Waals surface area contributed by atoms with Gasteiger partial charge in [-0.25, -0.2) is 13.1 Å². The molecule has 0 atom stereocenters. The molecule has 1 aromatic heterocycles. The molecule has 3 N–H and O–H groups in total. The Balaban J connectivity index is 2.26. The third kappa shape index (κ3) is 4.14. The first-order valence-electron chi connectivity index (χ1n) is 6.52. The predicted octanol–water partition coefficient (Wildman–Crippen LogP) is 3.01. The average Bonchev–Trinajstić information content (AvgIpc) is 2.90. The second-order valence-corrected chi connectivity index (χ2v) is 8.81. The van der Waals surface area contributed by atoms with Gasteiger partial charge in [-0.15, -0.1) is 11.3 Å². The summed E-state index contributed by atoms with van der Waals surface area (Å²) in [5.41, 5.74) is 7.21. The van der Waals surface area contributed by atoms with Crippen LogP contribution in [-0.2, 0) is 29.5 Å². The molecule has 0 radical (unpaired) electrons. The first-order chi connectivity index (χ1) is 9.96. The lowest BCUT2D eigenvalue weighted by atomic mass is 10.1. The van der Waals surface area contributed by atoms with Gasteiger partial charge in [-0.05, 0) is 51.7 Å². The van der Waals surface area contributed by atoms with Crippen molar-refractivity contribution < 1.29 is 8.42 Å². The molecule has 0 aliphatic carbocycles. The van der Waals surface area contributed by atoms with E-state index in [1.54, 1.807) is 6.07 Å². The van der Waals surface area contributed by atoms with Gasteiger partial charge in [0.15, 0.2) is 0 Å². The SMILES string of the molecule is CCc1ccc(CN)cc1S(=O)(=O)NCc1ccc(Br)s1. The van der Waals surface area contributed by atoms with Crippen molar-refractivity contribution in [2.24, 2.45) is 5.73 Å². The van der Waals surface area contributed by atoms with Gasteiger partial charge < -0.3 is 5.73 Å². The Kier molecular flexibility index (Phi) is 5.56. The Labute approximate surface area is 137 Å². The summed E-state index contributed by atoms with van der Waals surface area (Å²) in [4.78, 5) is 1.28. The summed E-state index contributed by atoms with van der Waals surface area (Å²) >= 11 is 4.88. The number of sulfonamides is 1. The molecule has 1 heterocycles. The van der Waals surface area contributed by atoms with Crippen molar-refractivity contribution >= 4 is 37.3 Å². The summed E-state index contributed by atoms with van der Waals surface area (Å²) < 4.78 is 28.6. The lowest BCUT2D eigenvalue weighted by Crippen LogP contribution is -2.24. The zero-order valence-corrected chi connectivity index (χ0v) is 14.8. The maximum atomic E-state index is 12.5. The van der Waals surface area contributed by atoms with Crippen LogP contribution in [0.3, 0.4) is 0 Å². The molecule has 7 heteroatoms. The molecule has 0 saturated carbocycles. The minimum atomic E-state index is -3.54. The average molecular weight is 389 g/mol. The lowest BCUT2D eigenvalue weighted by Gasteiger charge is -2.11. The first-order valence-corrected chi connectivity index (χ1v) is 9.61. The van der Waals surface area contributed by atoms with E-state index in [0.29, 0.717) is 17.9 Å². The largest absolute Gasteiger partial charge is 0.326 e. The van der Waals surface area contributed by atoms with Crippen LogP contribution in [0.5, 0.6) is 0 Å². The van der Waals surface area contributed by atoms with Crippen LogP contribution in [0.4, 0.5) is 0 Å². The number of nitrogens with one attached hydrogen (secondary N) is 1. The molecule has 2 aromatic rings. The number of benzene rings is 1. The molecule has 0 spiro atoms. The molecule has 114 valence electrons. The van der Waals surface area contributed by atoms with Crippen LogP contribution >= 0.6 is 27.3 Å². The highest BCUT2D eigenvalue weighted by atomic mass is 79.9. The van der Waals surface area contributed by atoms with Crippen LogP contribution in [-0.4, -0.2) is 8.42 Å². The van der Waals surface area contributed by atoms with Crippen molar-refractivity contribution in [3.63, 3.8) is 0 Å². The Bertz CT molecular complexity index is 726. The van der Waals surface area contributed by atoms with Gasteiger partial charge in [-0.3, -0.25) is 0 Å². The lowest BCUT2D eigenvalue weighted by molar-refractivity contribution is 0.580. The van der Waals surface area contributed by atoms with E-state index in [-0.39, 0.29) is 6.54 Å². The minimum Gasteiger partial charge on any atom is -0.326 e. The monoisotopic (exact) mass is 388 g/mol. The Morgan fingerprint density at radius 2 is 2.05 bits per heavy atom. The van der Waals surface area contributed by atoms with Gasteiger partial charge >= 0.3 is 0 Å². The Hall–Kier alpha value is -0.730. The highest BCUT2D eigenvalue weighted by Crippen LogP contribution is 2.23. The van der Waals surface area contributed by atoms with Crippen molar-refractivity contribution in [2.75, 3.05) is 0 Å². The fourth-order valence-electron chi connectivity index (χ4n) is 1.96. The zero-order chi connectivity index (χ0) is 15.5. The Morgan fingerprint density at radius 1 is 1.29 bits per heavy atom. The van der Waals surface area contributed by atoms with Gasteiger partial charge in [-0.1, -0.05) is 19.1 Å².